The number of rotatable bonds is 4. The van der Waals surface area contributed by atoms with Gasteiger partial charge >= 0.3 is 0 Å². The van der Waals surface area contributed by atoms with E-state index in [1.807, 2.05) is 12.1 Å². The van der Waals surface area contributed by atoms with Crippen LogP contribution in [0.2, 0.25) is 0 Å². The average Bonchev–Trinajstić information content (AvgIpc) is 2.40. The van der Waals surface area contributed by atoms with Crippen LogP contribution in [0.1, 0.15) is 25.7 Å². The molecule has 0 saturated heterocycles. The molecule has 0 aromatic carbocycles. The van der Waals surface area contributed by atoms with E-state index in [1.165, 1.54) is 12.8 Å². The second kappa shape index (κ2) is 5.87. The summed E-state index contributed by atoms with van der Waals surface area (Å²) < 4.78 is 11.2. The van der Waals surface area contributed by atoms with Gasteiger partial charge in [-0.05, 0) is 37.9 Å². The van der Waals surface area contributed by atoms with Gasteiger partial charge in [0.2, 0.25) is 0 Å². The summed E-state index contributed by atoms with van der Waals surface area (Å²) in [5.74, 6) is 1.71. The first-order valence-electron chi connectivity index (χ1n) is 6.21. The highest BCUT2D eigenvalue weighted by atomic mass is 16.5. The van der Waals surface area contributed by atoms with Crippen LogP contribution in [0, 0.1) is 5.92 Å². The van der Waals surface area contributed by atoms with E-state index in [0.29, 0.717) is 24.1 Å². The Morgan fingerprint density at radius 3 is 3.00 bits per heavy atom. The molecule has 1 fully saturated rings. The molecule has 2 atom stereocenters. The van der Waals surface area contributed by atoms with Crippen LogP contribution >= 0.6 is 0 Å². The second-order valence-corrected chi connectivity index (χ2v) is 4.45. The Bertz CT molecular complexity index is 357. The summed E-state index contributed by atoms with van der Waals surface area (Å²) in [5.41, 5.74) is 5.79. The third-order valence-electron chi connectivity index (χ3n) is 3.36. The van der Waals surface area contributed by atoms with Gasteiger partial charge in [-0.15, -0.1) is 0 Å². The van der Waals surface area contributed by atoms with Gasteiger partial charge in [0.15, 0.2) is 5.75 Å². The van der Waals surface area contributed by atoms with E-state index in [-0.39, 0.29) is 6.10 Å². The molecule has 2 rings (SSSR count). The quantitative estimate of drug-likeness (QED) is 0.868. The third kappa shape index (κ3) is 2.88. The zero-order valence-corrected chi connectivity index (χ0v) is 10.3. The molecule has 1 aromatic rings. The van der Waals surface area contributed by atoms with Crippen molar-refractivity contribution in [3.8, 4) is 11.6 Å². The van der Waals surface area contributed by atoms with Gasteiger partial charge in [0.1, 0.15) is 6.10 Å². The van der Waals surface area contributed by atoms with Crippen molar-refractivity contribution in [2.45, 2.75) is 31.8 Å². The molecule has 0 amide bonds. The maximum atomic E-state index is 5.96. The first-order chi connectivity index (χ1) is 8.35. The Labute approximate surface area is 102 Å². The molecular formula is C13H20N2O2. The lowest BCUT2D eigenvalue weighted by Crippen LogP contribution is -2.35. The van der Waals surface area contributed by atoms with Crippen LogP contribution in [0.5, 0.6) is 11.6 Å². The van der Waals surface area contributed by atoms with Crippen molar-refractivity contribution in [1.82, 2.24) is 4.98 Å². The molecule has 0 radical (unpaired) electrons. The summed E-state index contributed by atoms with van der Waals surface area (Å²) in [4.78, 5) is 4.22. The maximum absolute atomic E-state index is 5.96. The summed E-state index contributed by atoms with van der Waals surface area (Å²) >= 11 is 0. The fourth-order valence-electron chi connectivity index (χ4n) is 2.36. The van der Waals surface area contributed by atoms with Crippen molar-refractivity contribution in [2.75, 3.05) is 13.7 Å². The maximum Gasteiger partial charge on any atom is 0.257 e. The van der Waals surface area contributed by atoms with Gasteiger partial charge in [0.25, 0.3) is 5.88 Å². The Kier molecular flexibility index (Phi) is 4.20. The fraction of sp³-hybridized carbons (Fsp3) is 0.615. The van der Waals surface area contributed by atoms with Crippen LogP contribution in [0.3, 0.4) is 0 Å². The zero-order chi connectivity index (χ0) is 12.1. The molecule has 1 aliphatic rings. The molecule has 94 valence electrons. The van der Waals surface area contributed by atoms with Gasteiger partial charge in [-0.2, -0.15) is 0 Å². The number of pyridine rings is 1. The summed E-state index contributed by atoms with van der Waals surface area (Å²) in [6, 6.07) is 3.70. The number of nitrogens with zero attached hydrogens (tertiary/aromatic N) is 1. The van der Waals surface area contributed by atoms with E-state index in [2.05, 4.69) is 4.98 Å². The SMILES string of the molecule is COc1cccnc1OC1CCCCC1CN. The van der Waals surface area contributed by atoms with E-state index in [1.54, 1.807) is 13.3 Å². The normalized spacial score (nSPS) is 24.4. The van der Waals surface area contributed by atoms with Crippen LogP contribution in [0.25, 0.3) is 0 Å². The van der Waals surface area contributed by atoms with Gasteiger partial charge in [-0.1, -0.05) is 6.42 Å². The van der Waals surface area contributed by atoms with Crippen LogP contribution in [-0.2, 0) is 0 Å². The van der Waals surface area contributed by atoms with E-state index < -0.39 is 0 Å². The molecule has 2 N–H and O–H groups in total. The van der Waals surface area contributed by atoms with Crippen molar-refractivity contribution in [3.05, 3.63) is 18.3 Å². The van der Waals surface area contributed by atoms with Crippen molar-refractivity contribution in [2.24, 2.45) is 11.7 Å². The fourth-order valence-corrected chi connectivity index (χ4v) is 2.36. The number of hydrogen-bond donors (Lipinski definition) is 1. The molecule has 4 nitrogen and oxygen atoms in total. The largest absolute Gasteiger partial charge is 0.491 e. The Balaban J connectivity index is 2.08. The molecule has 0 aliphatic heterocycles. The van der Waals surface area contributed by atoms with Crippen molar-refractivity contribution in [3.63, 3.8) is 0 Å². The van der Waals surface area contributed by atoms with Crippen LogP contribution in [0.15, 0.2) is 18.3 Å². The van der Waals surface area contributed by atoms with Gasteiger partial charge < -0.3 is 15.2 Å². The van der Waals surface area contributed by atoms with Crippen LogP contribution in [0.4, 0.5) is 0 Å². The minimum atomic E-state index is 0.178. The molecule has 4 heteroatoms. The van der Waals surface area contributed by atoms with Gasteiger partial charge in [0.05, 0.1) is 7.11 Å². The molecule has 1 saturated carbocycles. The lowest BCUT2D eigenvalue weighted by Gasteiger charge is -2.30. The molecule has 2 unspecified atom stereocenters. The summed E-state index contributed by atoms with van der Waals surface area (Å²) in [7, 11) is 1.63. The summed E-state index contributed by atoms with van der Waals surface area (Å²) in [6.07, 6.45) is 6.56. The lowest BCUT2D eigenvalue weighted by atomic mass is 9.86. The van der Waals surface area contributed by atoms with E-state index in [4.69, 9.17) is 15.2 Å². The molecule has 17 heavy (non-hydrogen) atoms. The van der Waals surface area contributed by atoms with E-state index >= 15 is 0 Å². The van der Waals surface area contributed by atoms with Gasteiger partial charge in [-0.3, -0.25) is 0 Å². The Hall–Kier alpha value is -1.29. The highest BCUT2D eigenvalue weighted by molar-refractivity contribution is 5.32. The number of hydrogen-bond acceptors (Lipinski definition) is 4. The van der Waals surface area contributed by atoms with E-state index in [0.717, 1.165) is 12.8 Å². The third-order valence-corrected chi connectivity index (χ3v) is 3.36. The zero-order valence-electron chi connectivity index (χ0n) is 10.3. The number of nitrogens with two attached hydrogens (primary N) is 1. The van der Waals surface area contributed by atoms with Crippen LogP contribution < -0.4 is 15.2 Å². The Morgan fingerprint density at radius 1 is 1.41 bits per heavy atom. The van der Waals surface area contributed by atoms with Gasteiger partial charge in [-0.25, -0.2) is 4.98 Å². The predicted molar refractivity (Wildman–Crippen MR) is 66.2 cm³/mol. The Morgan fingerprint density at radius 2 is 2.24 bits per heavy atom. The van der Waals surface area contributed by atoms with Crippen molar-refractivity contribution < 1.29 is 9.47 Å². The average molecular weight is 236 g/mol. The topological polar surface area (TPSA) is 57.4 Å². The standard InChI is InChI=1S/C13H20N2O2/c1-16-12-7-4-8-15-13(12)17-11-6-3-2-5-10(11)9-14/h4,7-8,10-11H,2-3,5-6,9,14H2,1H3. The first-order valence-corrected chi connectivity index (χ1v) is 6.21. The molecule has 0 spiro atoms. The number of methoxy groups -OCH3 is 1. The minimum Gasteiger partial charge on any atom is -0.491 e. The van der Waals surface area contributed by atoms with Crippen molar-refractivity contribution in [1.29, 1.82) is 0 Å². The van der Waals surface area contributed by atoms with E-state index in [9.17, 15) is 0 Å². The smallest absolute Gasteiger partial charge is 0.257 e. The molecular weight excluding hydrogens is 216 g/mol. The van der Waals surface area contributed by atoms with Crippen LogP contribution in [-0.4, -0.2) is 24.7 Å². The summed E-state index contributed by atoms with van der Waals surface area (Å²) in [5, 5.41) is 0. The number of aromatic nitrogens is 1. The monoisotopic (exact) mass is 236 g/mol. The minimum absolute atomic E-state index is 0.178. The first kappa shape index (κ1) is 12.2. The molecule has 1 aliphatic carbocycles. The van der Waals surface area contributed by atoms with Gasteiger partial charge in [0, 0.05) is 12.1 Å². The van der Waals surface area contributed by atoms with Crippen molar-refractivity contribution >= 4 is 0 Å². The second-order valence-electron chi connectivity index (χ2n) is 4.45. The predicted octanol–water partition coefficient (Wildman–Crippen LogP) is 1.99. The molecule has 1 aromatic heterocycles. The lowest BCUT2D eigenvalue weighted by molar-refractivity contribution is 0.0888. The molecule has 0 bridgehead atoms. The number of ether oxygens (including phenoxy) is 2. The summed E-state index contributed by atoms with van der Waals surface area (Å²) in [6.45, 7) is 0.680. The molecule has 1 heterocycles. The highest BCUT2D eigenvalue weighted by Crippen LogP contribution is 2.30. The highest BCUT2D eigenvalue weighted by Gasteiger charge is 2.26.